The average molecular weight is 445 g/mol. The van der Waals surface area contributed by atoms with E-state index in [0.717, 1.165) is 57.5 Å². The molecule has 4 saturated carbocycles. The lowest BCUT2D eigenvalue weighted by molar-refractivity contribution is -0.142. The molecule has 1 saturated heterocycles. The molecule has 0 radical (unpaired) electrons. The van der Waals surface area contributed by atoms with E-state index in [-0.39, 0.29) is 36.0 Å². The largest absolute Gasteiger partial charge is 0.433 e. The Balaban J connectivity index is 0.00000218. The number of rotatable bonds is 4. The van der Waals surface area contributed by atoms with Crippen LogP contribution in [-0.4, -0.2) is 33.5 Å². The van der Waals surface area contributed by atoms with Crippen molar-refractivity contribution in [3.8, 4) is 0 Å². The molecule has 168 valence electrons. The highest BCUT2D eigenvalue weighted by Crippen LogP contribution is 2.53. The number of nitrogens with zero attached hydrogens (tertiary/aromatic N) is 3. The summed E-state index contributed by atoms with van der Waals surface area (Å²) in [6.45, 7) is 1.99. The molecule has 2 unspecified atom stereocenters. The van der Waals surface area contributed by atoms with Crippen molar-refractivity contribution in [1.29, 1.82) is 0 Å². The first-order valence-electron chi connectivity index (χ1n) is 11.3. The van der Waals surface area contributed by atoms with Gasteiger partial charge in [-0.15, -0.1) is 12.4 Å². The summed E-state index contributed by atoms with van der Waals surface area (Å²) in [6.07, 6.45) is 8.43. The van der Waals surface area contributed by atoms with Gasteiger partial charge < -0.3 is 5.32 Å². The van der Waals surface area contributed by atoms with E-state index in [2.05, 4.69) is 20.2 Å². The first-order valence-corrected chi connectivity index (χ1v) is 11.3. The smallest absolute Gasteiger partial charge is 0.349 e. The summed E-state index contributed by atoms with van der Waals surface area (Å²) < 4.78 is 41.4. The molecule has 5 aliphatic rings. The molecular weight excluding hydrogens is 413 g/mol. The summed E-state index contributed by atoms with van der Waals surface area (Å²) >= 11 is 0. The maximum Gasteiger partial charge on any atom is 0.433 e. The topological polar surface area (TPSA) is 41.1 Å². The molecule has 8 heteroatoms. The molecule has 1 aromatic heterocycles. The van der Waals surface area contributed by atoms with Crippen LogP contribution >= 0.6 is 12.4 Å². The highest BCUT2D eigenvalue weighted by Gasteiger charge is 2.48. The number of hydrogen-bond acceptors (Lipinski definition) is 4. The zero-order chi connectivity index (χ0) is 20.1. The Hall–Kier alpha value is -1.08. The predicted molar refractivity (Wildman–Crippen MR) is 113 cm³/mol. The molecule has 0 spiro atoms. The maximum absolute atomic E-state index is 13.8. The number of alkyl halides is 3. The van der Waals surface area contributed by atoms with Crippen molar-refractivity contribution in [3.05, 3.63) is 17.5 Å². The molecule has 0 aromatic carbocycles. The number of hydrogen-bond donors (Lipinski definition) is 1. The molecule has 2 atom stereocenters. The third-order valence-electron chi connectivity index (χ3n) is 7.74. The fourth-order valence-corrected chi connectivity index (χ4v) is 6.73. The molecule has 6 rings (SSSR count). The third-order valence-corrected chi connectivity index (χ3v) is 7.74. The second kappa shape index (κ2) is 8.45. The van der Waals surface area contributed by atoms with Gasteiger partial charge in [0.15, 0.2) is 5.69 Å². The van der Waals surface area contributed by atoms with Gasteiger partial charge in [0.05, 0.1) is 0 Å². The fraction of sp³-hybridized carbons (Fsp3) is 0.818. The third kappa shape index (κ3) is 4.57. The minimum Gasteiger partial charge on any atom is -0.349 e. The Morgan fingerprint density at radius 1 is 1.03 bits per heavy atom. The number of fused-ring (bicyclic) bond motifs is 1. The van der Waals surface area contributed by atoms with Crippen LogP contribution in [0.1, 0.15) is 75.5 Å². The molecule has 0 amide bonds. The summed E-state index contributed by atoms with van der Waals surface area (Å²) in [7, 11) is 0. The van der Waals surface area contributed by atoms with Gasteiger partial charge in [0.1, 0.15) is 0 Å². The van der Waals surface area contributed by atoms with Crippen molar-refractivity contribution in [2.75, 3.05) is 18.4 Å². The van der Waals surface area contributed by atoms with Crippen molar-refractivity contribution >= 4 is 18.4 Å². The van der Waals surface area contributed by atoms with Crippen LogP contribution in [0.2, 0.25) is 0 Å². The van der Waals surface area contributed by atoms with Crippen molar-refractivity contribution in [3.63, 3.8) is 0 Å². The number of halogens is 4. The Morgan fingerprint density at radius 2 is 1.70 bits per heavy atom. The molecule has 1 aliphatic heterocycles. The number of likely N-dealkylation sites (tertiary alicyclic amines) is 1. The van der Waals surface area contributed by atoms with Crippen LogP contribution in [0.3, 0.4) is 0 Å². The van der Waals surface area contributed by atoms with Gasteiger partial charge in [-0.25, -0.2) is 9.97 Å². The van der Waals surface area contributed by atoms with E-state index in [1.54, 1.807) is 0 Å². The highest BCUT2D eigenvalue weighted by atomic mass is 35.5. The minimum atomic E-state index is -4.46. The Labute approximate surface area is 182 Å². The Morgan fingerprint density at radius 3 is 2.37 bits per heavy atom. The van der Waals surface area contributed by atoms with E-state index in [9.17, 15) is 13.2 Å². The second-order valence-corrected chi connectivity index (χ2v) is 10.1. The molecule has 5 fully saturated rings. The van der Waals surface area contributed by atoms with Gasteiger partial charge >= 0.3 is 6.18 Å². The van der Waals surface area contributed by atoms with Crippen molar-refractivity contribution in [1.82, 2.24) is 14.9 Å². The predicted octanol–water partition coefficient (Wildman–Crippen LogP) is 5.67. The number of nitrogens with one attached hydrogen (secondary N) is 1. The molecule has 4 aliphatic carbocycles. The summed E-state index contributed by atoms with van der Waals surface area (Å²) in [5, 5.41) is 3.43. The van der Waals surface area contributed by atoms with Gasteiger partial charge in [0, 0.05) is 23.8 Å². The quantitative estimate of drug-likeness (QED) is 0.649. The molecular formula is C22H32ClF3N4. The van der Waals surface area contributed by atoms with Crippen LogP contribution in [0.15, 0.2) is 6.20 Å². The van der Waals surface area contributed by atoms with Gasteiger partial charge in [-0.1, -0.05) is 6.42 Å². The van der Waals surface area contributed by atoms with Crippen molar-refractivity contribution in [2.45, 2.75) is 82.5 Å². The summed E-state index contributed by atoms with van der Waals surface area (Å²) in [6, 6.07) is 0. The summed E-state index contributed by atoms with van der Waals surface area (Å²) in [5.41, 5.74) is -0.676. The number of aromatic nitrogens is 2. The zero-order valence-corrected chi connectivity index (χ0v) is 18.2. The first-order chi connectivity index (χ1) is 13.9. The number of anilines is 1. The van der Waals surface area contributed by atoms with Gasteiger partial charge in [-0.3, -0.25) is 4.90 Å². The van der Waals surface area contributed by atoms with Crippen molar-refractivity contribution in [2.24, 2.45) is 17.8 Å². The van der Waals surface area contributed by atoms with Crippen LogP contribution < -0.4 is 5.32 Å². The van der Waals surface area contributed by atoms with E-state index in [1.165, 1.54) is 31.9 Å². The molecule has 4 nitrogen and oxygen atoms in total. The van der Waals surface area contributed by atoms with E-state index >= 15 is 0 Å². The average Bonchev–Trinajstić information content (AvgIpc) is 2.86. The summed E-state index contributed by atoms with van der Waals surface area (Å²) in [5.74, 6) is 2.40. The lowest BCUT2D eigenvalue weighted by atomic mass is 9.65. The van der Waals surface area contributed by atoms with Crippen LogP contribution in [0.25, 0.3) is 0 Å². The van der Waals surface area contributed by atoms with E-state index in [0.29, 0.717) is 11.8 Å². The van der Waals surface area contributed by atoms with Gasteiger partial charge in [0.25, 0.3) is 0 Å². The minimum absolute atomic E-state index is 0. The van der Waals surface area contributed by atoms with Crippen LogP contribution in [0, 0.1) is 17.8 Å². The SMILES string of the molecule is Cl.FC(F)(F)c1nc(NC23CCC4CC(CC(C4)C2)C3)ncc1CN1CCCCC1. The lowest BCUT2D eigenvalue weighted by Gasteiger charge is -2.45. The molecule has 30 heavy (non-hydrogen) atoms. The van der Waals surface area contributed by atoms with Crippen molar-refractivity contribution < 1.29 is 13.2 Å². The van der Waals surface area contributed by atoms with E-state index in [4.69, 9.17) is 0 Å². The second-order valence-electron chi connectivity index (χ2n) is 10.1. The van der Waals surface area contributed by atoms with E-state index in [1.807, 2.05) is 0 Å². The summed E-state index contributed by atoms with van der Waals surface area (Å²) in [4.78, 5) is 10.5. The Kier molecular flexibility index (Phi) is 6.24. The molecule has 1 N–H and O–H groups in total. The standard InChI is InChI=1S/C22H31F3N4.ClH/c23-22(24,25)19-18(14-29-6-2-1-3-7-29)13-26-20(27-19)28-21-5-4-15-8-16(11-21)10-17(9-15)12-21;/h13,15-17H,1-12,14H2,(H,26,27,28);1H. The first kappa shape index (κ1) is 22.1. The van der Waals surface area contributed by atoms with E-state index < -0.39 is 11.9 Å². The van der Waals surface area contributed by atoms with Gasteiger partial charge in [0.2, 0.25) is 5.95 Å². The lowest BCUT2D eigenvalue weighted by Crippen LogP contribution is -2.45. The molecule has 4 bridgehead atoms. The van der Waals surface area contributed by atoms with Crippen LogP contribution in [0.4, 0.5) is 19.1 Å². The fourth-order valence-electron chi connectivity index (χ4n) is 6.73. The number of piperidine rings is 1. The maximum atomic E-state index is 13.8. The normalized spacial score (nSPS) is 33.8. The monoisotopic (exact) mass is 444 g/mol. The van der Waals surface area contributed by atoms with Crippen LogP contribution in [0.5, 0.6) is 0 Å². The van der Waals surface area contributed by atoms with Gasteiger partial charge in [-0.05, 0) is 88.6 Å². The molecule has 1 aromatic rings. The van der Waals surface area contributed by atoms with Gasteiger partial charge in [-0.2, -0.15) is 13.2 Å². The Bertz CT molecular complexity index is 736. The van der Waals surface area contributed by atoms with Crippen LogP contribution in [-0.2, 0) is 12.7 Å². The zero-order valence-electron chi connectivity index (χ0n) is 17.4. The highest BCUT2D eigenvalue weighted by molar-refractivity contribution is 5.85. The molecule has 2 heterocycles.